The number of ether oxygens (including phenoxy) is 1. The van der Waals surface area contributed by atoms with Crippen LogP contribution < -0.4 is 5.73 Å². The zero-order valence-corrected chi connectivity index (χ0v) is 10.5. The van der Waals surface area contributed by atoms with E-state index in [2.05, 4.69) is 0 Å². The first-order valence-corrected chi connectivity index (χ1v) is 6.04. The van der Waals surface area contributed by atoms with E-state index in [0.29, 0.717) is 11.3 Å². The molecule has 2 fully saturated rings. The number of hydrogen-bond donors (Lipinski definition) is 1. The Kier molecular flexibility index (Phi) is 2.65. The number of rotatable bonds is 1. The highest BCUT2D eigenvalue weighted by Gasteiger charge is 2.56. The van der Waals surface area contributed by atoms with Crippen LogP contribution in [0.15, 0.2) is 0 Å². The van der Waals surface area contributed by atoms with E-state index in [9.17, 15) is 4.79 Å². The summed E-state index contributed by atoms with van der Waals surface area (Å²) in [6.45, 7) is 8.08. The van der Waals surface area contributed by atoms with Crippen molar-refractivity contribution in [3.05, 3.63) is 0 Å². The summed E-state index contributed by atoms with van der Waals surface area (Å²) < 4.78 is 5.37. The number of carbonyl (C=O) groups excluding carboxylic acids is 1. The fourth-order valence-electron chi connectivity index (χ4n) is 2.56. The second kappa shape index (κ2) is 3.62. The molecular formula is C12H22N2O2. The number of hydrogen-bond acceptors (Lipinski definition) is 3. The topological polar surface area (TPSA) is 55.6 Å². The van der Waals surface area contributed by atoms with Gasteiger partial charge in [0.2, 0.25) is 0 Å². The molecule has 1 saturated carbocycles. The van der Waals surface area contributed by atoms with Gasteiger partial charge in [-0.15, -0.1) is 0 Å². The predicted molar refractivity (Wildman–Crippen MR) is 62.0 cm³/mol. The number of fused-ring (bicyclic) bond motifs is 1. The Morgan fingerprint density at radius 1 is 1.56 bits per heavy atom. The Bertz CT molecular complexity index is 298. The van der Waals surface area contributed by atoms with Crippen molar-refractivity contribution >= 4 is 6.09 Å². The quantitative estimate of drug-likeness (QED) is 0.738. The van der Waals surface area contributed by atoms with E-state index < -0.39 is 5.60 Å². The normalized spacial score (nSPS) is 33.2. The van der Waals surface area contributed by atoms with E-state index in [1.54, 1.807) is 0 Å². The molecule has 1 aliphatic carbocycles. The molecule has 2 aliphatic rings. The van der Waals surface area contributed by atoms with E-state index in [1.165, 1.54) is 6.42 Å². The lowest BCUT2D eigenvalue weighted by Gasteiger charge is -2.32. The molecule has 16 heavy (non-hydrogen) atoms. The van der Waals surface area contributed by atoms with E-state index in [0.717, 1.165) is 26.1 Å². The Hall–Kier alpha value is -0.770. The van der Waals surface area contributed by atoms with Gasteiger partial charge in [0.1, 0.15) is 5.60 Å². The molecule has 0 aromatic carbocycles. The molecule has 92 valence electrons. The number of carbonyl (C=O) groups is 1. The molecule has 0 bridgehead atoms. The first kappa shape index (κ1) is 11.7. The second-order valence-corrected chi connectivity index (χ2v) is 6.14. The number of nitrogens with two attached hydrogens (primary N) is 1. The third-order valence-electron chi connectivity index (χ3n) is 3.74. The highest BCUT2D eigenvalue weighted by Crippen LogP contribution is 2.57. The Labute approximate surface area is 97.1 Å². The highest BCUT2D eigenvalue weighted by atomic mass is 16.6. The third kappa shape index (κ3) is 2.17. The summed E-state index contributed by atoms with van der Waals surface area (Å²) in [6, 6.07) is 0. The van der Waals surface area contributed by atoms with Gasteiger partial charge in [-0.3, -0.25) is 0 Å². The van der Waals surface area contributed by atoms with Crippen LogP contribution in [0.2, 0.25) is 0 Å². The molecule has 0 aromatic heterocycles. The highest BCUT2D eigenvalue weighted by molar-refractivity contribution is 5.68. The Morgan fingerprint density at radius 2 is 2.25 bits per heavy atom. The maximum absolute atomic E-state index is 11.8. The van der Waals surface area contributed by atoms with Gasteiger partial charge in [0.25, 0.3) is 0 Å². The molecular weight excluding hydrogens is 204 g/mol. The van der Waals surface area contributed by atoms with Crippen molar-refractivity contribution in [1.29, 1.82) is 0 Å². The van der Waals surface area contributed by atoms with Crippen LogP contribution in [0.4, 0.5) is 4.79 Å². The number of amides is 1. The van der Waals surface area contributed by atoms with Crippen LogP contribution in [-0.4, -0.2) is 36.2 Å². The van der Waals surface area contributed by atoms with Gasteiger partial charge >= 0.3 is 6.09 Å². The zero-order valence-electron chi connectivity index (χ0n) is 10.5. The fourth-order valence-corrected chi connectivity index (χ4v) is 2.56. The molecule has 1 aliphatic heterocycles. The van der Waals surface area contributed by atoms with E-state index in [1.807, 2.05) is 25.7 Å². The Morgan fingerprint density at radius 3 is 2.75 bits per heavy atom. The van der Waals surface area contributed by atoms with E-state index >= 15 is 0 Å². The molecule has 2 unspecified atom stereocenters. The van der Waals surface area contributed by atoms with Crippen molar-refractivity contribution < 1.29 is 9.53 Å². The summed E-state index contributed by atoms with van der Waals surface area (Å²) in [5.74, 6) is 0.610. The average molecular weight is 226 g/mol. The standard InChI is InChI=1S/C12H22N2O2/c1-11(2,3)16-10(15)14-5-4-12(8-13)6-9(12)7-14/h9H,4-8,13H2,1-3H3. The number of nitrogens with zero attached hydrogens (tertiary/aromatic N) is 1. The van der Waals surface area contributed by atoms with E-state index in [4.69, 9.17) is 10.5 Å². The SMILES string of the molecule is CC(C)(C)OC(=O)N1CCC2(CN)CC2C1. The molecule has 0 aromatic rings. The summed E-state index contributed by atoms with van der Waals surface area (Å²) in [5, 5.41) is 0. The summed E-state index contributed by atoms with van der Waals surface area (Å²) >= 11 is 0. The lowest BCUT2D eigenvalue weighted by Crippen LogP contribution is -2.43. The van der Waals surface area contributed by atoms with Crippen LogP contribution in [0.3, 0.4) is 0 Å². The second-order valence-electron chi connectivity index (χ2n) is 6.14. The van der Waals surface area contributed by atoms with Gasteiger partial charge in [0, 0.05) is 13.1 Å². The van der Waals surface area contributed by atoms with Gasteiger partial charge in [0.05, 0.1) is 0 Å². The number of likely N-dealkylation sites (tertiary alicyclic amines) is 1. The molecule has 4 nitrogen and oxygen atoms in total. The molecule has 2 rings (SSSR count). The van der Waals surface area contributed by atoms with Gasteiger partial charge in [-0.25, -0.2) is 4.79 Å². The van der Waals surface area contributed by atoms with Crippen LogP contribution in [0.5, 0.6) is 0 Å². The molecule has 1 saturated heterocycles. The van der Waals surface area contributed by atoms with Crippen LogP contribution in [-0.2, 0) is 4.74 Å². The first-order valence-electron chi connectivity index (χ1n) is 6.04. The van der Waals surface area contributed by atoms with Crippen molar-refractivity contribution in [2.24, 2.45) is 17.1 Å². The average Bonchev–Trinajstić information content (AvgIpc) is 2.88. The fraction of sp³-hybridized carbons (Fsp3) is 0.917. The molecule has 1 amide bonds. The molecule has 0 radical (unpaired) electrons. The monoisotopic (exact) mass is 226 g/mol. The smallest absolute Gasteiger partial charge is 0.410 e. The Balaban J connectivity index is 1.87. The van der Waals surface area contributed by atoms with Crippen molar-refractivity contribution in [1.82, 2.24) is 4.90 Å². The van der Waals surface area contributed by atoms with Crippen LogP contribution in [0, 0.1) is 11.3 Å². The van der Waals surface area contributed by atoms with Crippen LogP contribution >= 0.6 is 0 Å². The maximum atomic E-state index is 11.8. The molecule has 4 heteroatoms. The van der Waals surface area contributed by atoms with Gasteiger partial charge in [0.15, 0.2) is 0 Å². The van der Waals surface area contributed by atoms with Crippen molar-refractivity contribution in [3.8, 4) is 0 Å². The van der Waals surface area contributed by atoms with Gasteiger partial charge in [-0.2, -0.15) is 0 Å². The minimum Gasteiger partial charge on any atom is -0.444 e. The number of piperidine rings is 1. The summed E-state index contributed by atoms with van der Waals surface area (Å²) in [5.41, 5.74) is 5.73. The molecule has 0 spiro atoms. The van der Waals surface area contributed by atoms with Crippen molar-refractivity contribution in [3.63, 3.8) is 0 Å². The van der Waals surface area contributed by atoms with Crippen molar-refractivity contribution in [2.45, 2.75) is 39.2 Å². The summed E-state index contributed by atoms with van der Waals surface area (Å²) in [6.07, 6.45) is 2.04. The van der Waals surface area contributed by atoms with Gasteiger partial charge < -0.3 is 15.4 Å². The van der Waals surface area contributed by atoms with Crippen LogP contribution in [0.25, 0.3) is 0 Å². The first-order chi connectivity index (χ1) is 7.36. The molecule has 2 N–H and O–H groups in total. The van der Waals surface area contributed by atoms with Gasteiger partial charge in [-0.05, 0) is 51.5 Å². The summed E-state index contributed by atoms with van der Waals surface area (Å²) in [4.78, 5) is 13.7. The largest absolute Gasteiger partial charge is 0.444 e. The van der Waals surface area contributed by atoms with Crippen LogP contribution in [0.1, 0.15) is 33.6 Å². The lowest BCUT2D eigenvalue weighted by atomic mass is 9.96. The minimum atomic E-state index is -0.400. The maximum Gasteiger partial charge on any atom is 0.410 e. The predicted octanol–water partition coefficient (Wildman–Crippen LogP) is 1.59. The summed E-state index contributed by atoms with van der Waals surface area (Å²) in [7, 11) is 0. The van der Waals surface area contributed by atoms with Gasteiger partial charge in [-0.1, -0.05) is 0 Å². The zero-order chi connectivity index (χ0) is 12.0. The molecule has 2 atom stereocenters. The van der Waals surface area contributed by atoms with E-state index in [-0.39, 0.29) is 6.09 Å². The molecule has 1 heterocycles. The minimum absolute atomic E-state index is 0.176. The van der Waals surface area contributed by atoms with Crippen molar-refractivity contribution in [2.75, 3.05) is 19.6 Å². The third-order valence-corrected chi connectivity index (χ3v) is 3.74. The lowest BCUT2D eigenvalue weighted by molar-refractivity contribution is 0.0180.